The maximum absolute atomic E-state index is 12.2. The van der Waals surface area contributed by atoms with Gasteiger partial charge in [0.05, 0.1) is 6.67 Å². The van der Waals surface area contributed by atoms with E-state index in [1.54, 1.807) is 0 Å². The number of halogens is 1. The summed E-state index contributed by atoms with van der Waals surface area (Å²) < 4.78 is 12.2. The molecular weight excluding hydrogens is 239 g/mol. The Kier molecular flexibility index (Phi) is 4.93. The maximum atomic E-state index is 12.2. The molecule has 2 rings (SSSR count). The van der Waals surface area contributed by atoms with E-state index in [1.807, 2.05) is 42.5 Å². The number of benzene rings is 2. The van der Waals surface area contributed by atoms with Crippen LogP contribution in [0, 0.1) is 0 Å². The first-order valence-corrected chi connectivity index (χ1v) is 6.49. The van der Waals surface area contributed by atoms with E-state index in [2.05, 4.69) is 17.4 Å². The summed E-state index contributed by atoms with van der Waals surface area (Å²) in [6.45, 7) is 0.409. The standard InChI is InChI=1S/C16H19FN2/c17-11-10-16(18)14-6-8-15(9-7-14)19-12-13-4-2-1-3-5-13/h1-9,16,19H,10-12,18H2/t16-/m1/s1. The molecule has 2 nitrogen and oxygen atoms in total. The van der Waals surface area contributed by atoms with Gasteiger partial charge in [0, 0.05) is 18.3 Å². The number of hydrogen-bond acceptors (Lipinski definition) is 2. The number of anilines is 1. The average Bonchev–Trinajstić information content (AvgIpc) is 2.47. The maximum Gasteiger partial charge on any atom is 0.0912 e. The third-order valence-electron chi connectivity index (χ3n) is 3.10. The molecule has 0 aliphatic carbocycles. The van der Waals surface area contributed by atoms with Crippen LogP contribution in [0.5, 0.6) is 0 Å². The molecule has 2 aromatic carbocycles. The fraction of sp³-hybridized carbons (Fsp3) is 0.250. The summed E-state index contributed by atoms with van der Waals surface area (Å²) in [7, 11) is 0. The predicted molar refractivity (Wildman–Crippen MR) is 77.7 cm³/mol. The Balaban J connectivity index is 1.92. The second kappa shape index (κ2) is 6.90. The van der Waals surface area contributed by atoms with Crippen molar-refractivity contribution in [2.24, 2.45) is 5.73 Å². The van der Waals surface area contributed by atoms with E-state index >= 15 is 0 Å². The predicted octanol–water partition coefficient (Wildman–Crippen LogP) is 3.66. The van der Waals surface area contributed by atoms with E-state index in [0.717, 1.165) is 17.8 Å². The molecule has 0 fully saturated rings. The van der Waals surface area contributed by atoms with Gasteiger partial charge in [-0.2, -0.15) is 0 Å². The summed E-state index contributed by atoms with van der Waals surface area (Å²) in [5.41, 5.74) is 9.11. The van der Waals surface area contributed by atoms with Crippen molar-refractivity contribution >= 4 is 5.69 Å². The van der Waals surface area contributed by atoms with Crippen molar-refractivity contribution in [1.29, 1.82) is 0 Å². The molecule has 3 heteroatoms. The minimum atomic E-state index is -0.380. The Morgan fingerprint density at radius 3 is 2.32 bits per heavy atom. The van der Waals surface area contributed by atoms with Crippen LogP contribution in [-0.2, 0) is 6.54 Å². The van der Waals surface area contributed by atoms with Crippen LogP contribution in [-0.4, -0.2) is 6.67 Å². The van der Waals surface area contributed by atoms with Crippen LogP contribution >= 0.6 is 0 Å². The van der Waals surface area contributed by atoms with Gasteiger partial charge in [-0.05, 0) is 29.7 Å². The van der Waals surface area contributed by atoms with Crippen molar-refractivity contribution < 1.29 is 4.39 Å². The zero-order chi connectivity index (χ0) is 13.5. The van der Waals surface area contributed by atoms with E-state index < -0.39 is 0 Å². The van der Waals surface area contributed by atoms with Gasteiger partial charge >= 0.3 is 0 Å². The molecule has 3 N–H and O–H groups in total. The third-order valence-corrected chi connectivity index (χ3v) is 3.10. The Hall–Kier alpha value is -1.87. The molecule has 0 radical (unpaired) electrons. The smallest absolute Gasteiger partial charge is 0.0912 e. The molecule has 0 amide bonds. The highest BCUT2D eigenvalue weighted by atomic mass is 19.1. The molecule has 0 aliphatic rings. The largest absolute Gasteiger partial charge is 0.381 e. The molecule has 2 aromatic rings. The van der Waals surface area contributed by atoms with E-state index in [1.165, 1.54) is 5.56 Å². The van der Waals surface area contributed by atoms with Crippen LogP contribution in [0.4, 0.5) is 10.1 Å². The summed E-state index contributed by atoms with van der Waals surface area (Å²) in [5.74, 6) is 0. The Bertz CT molecular complexity index is 482. The lowest BCUT2D eigenvalue weighted by molar-refractivity contribution is 0.442. The molecule has 0 unspecified atom stereocenters. The number of hydrogen-bond donors (Lipinski definition) is 2. The lowest BCUT2D eigenvalue weighted by Gasteiger charge is -2.11. The minimum Gasteiger partial charge on any atom is -0.381 e. The fourth-order valence-electron chi connectivity index (χ4n) is 1.93. The zero-order valence-electron chi connectivity index (χ0n) is 10.9. The van der Waals surface area contributed by atoms with Crippen LogP contribution < -0.4 is 11.1 Å². The summed E-state index contributed by atoms with van der Waals surface area (Å²) in [4.78, 5) is 0. The molecule has 100 valence electrons. The molecule has 0 saturated carbocycles. The number of nitrogens with two attached hydrogens (primary N) is 1. The Labute approximate surface area is 113 Å². The number of alkyl halides is 1. The number of rotatable bonds is 6. The van der Waals surface area contributed by atoms with Gasteiger partial charge in [-0.1, -0.05) is 42.5 Å². The summed E-state index contributed by atoms with van der Waals surface area (Å²) in [6.07, 6.45) is 0.372. The third kappa shape index (κ3) is 4.07. The molecule has 19 heavy (non-hydrogen) atoms. The van der Waals surface area contributed by atoms with Crippen LogP contribution in [0.15, 0.2) is 54.6 Å². The Morgan fingerprint density at radius 1 is 1.00 bits per heavy atom. The first-order chi connectivity index (χ1) is 9.29. The lowest BCUT2D eigenvalue weighted by atomic mass is 10.1. The van der Waals surface area contributed by atoms with Gasteiger partial charge in [-0.3, -0.25) is 4.39 Å². The van der Waals surface area contributed by atoms with Crippen LogP contribution in [0.1, 0.15) is 23.6 Å². The highest BCUT2D eigenvalue weighted by Crippen LogP contribution is 2.17. The molecule has 0 saturated heterocycles. The zero-order valence-corrected chi connectivity index (χ0v) is 10.9. The normalized spacial score (nSPS) is 12.1. The molecule has 0 bridgehead atoms. The second-order valence-electron chi connectivity index (χ2n) is 4.55. The van der Waals surface area contributed by atoms with Crippen molar-refractivity contribution in [3.8, 4) is 0 Å². The quantitative estimate of drug-likeness (QED) is 0.830. The average molecular weight is 258 g/mol. The van der Waals surface area contributed by atoms with E-state index in [9.17, 15) is 4.39 Å². The van der Waals surface area contributed by atoms with Crippen LogP contribution in [0.3, 0.4) is 0 Å². The molecule has 0 aromatic heterocycles. The molecule has 0 aliphatic heterocycles. The van der Waals surface area contributed by atoms with Gasteiger partial charge in [0.2, 0.25) is 0 Å². The first kappa shape index (κ1) is 13.6. The highest BCUT2D eigenvalue weighted by molar-refractivity contribution is 5.45. The van der Waals surface area contributed by atoms with Crippen molar-refractivity contribution in [2.75, 3.05) is 12.0 Å². The van der Waals surface area contributed by atoms with Gasteiger partial charge in [0.1, 0.15) is 0 Å². The van der Waals surface area contributed by atoms with Gasteiger partial charge < -0.3 is 11.1 Å². The summed E-state index contributed by atoms with van der Waals surface area (Å²) in [5, 5.41) is 3.34. The van der Waals surface area contributed by atoms with Crippen molar-refractivity contribution in [1.82, 2.24) is 0 Å². The van der Waals surface area contributed by atoms with Crippen molar-refractivity contribution in [3.05, 3.63) is 65.7 Å². The van der Waals surface area contributed by atoms with E-state index in [-0.39, 0.29) is 12.7 Å². The SMILES string of the molecule is N[C@H](CCF)c1ccc(NCc2ccccc2)cc1. The minimum absolute atomic E-state index is 0.215. The molecule has 1 atom stereocenters. The number of nitrogens with one attached hydrogen (secondary N) is 1. The van der Waals surface area contributed by atoms with Crippen molar-refractivity contribution in [2.45, 2.75) is 19.0 Å². The summed E-state index contributed by atoms with van der Waals surface area (Å²) in [6, 6.07) is 17.9. The van der Waals surface area contributed by atoms with Gasteiger partial charge in [0.25, 0.3) is 0 Å². The van der Waals surface area contributed by atoms with E-state index in [0.29, 0.717) is 6.42 Å². The van der Waals surface area contributed by atoms with Gasteiger partial charge in [-0.25, -0.2) is 0 Å². The fourth-order valence-corrected chi connectivity index (χ4v) is 1.93. The van der Waals surface area contributed by atoms with Gasteiger partial charge in [0.15, 0.2) is 0 Å². The highest BCUT2D eigenvalue weighted by Gasteiger charge is 2.05. The second-order valence-corrected chi connectivity index (χ2v) is 4.55. The van der Waals surface area contributed by atoms with E-state index in [4.69, 9.17) is 5.73 Å². The lowest BCUT2D eigenvalue weighted by Crippen LogP contribution is -2.10. The van der Waals surface area contributed by atoms with Crippen LogP contribution in [0.25, 0.3) is 0 Å². The Morgan fingerprint density at radius 2 is 1.68 bits per heavy atom. The monoisotopic (exact) mass is 258 g/mol. The van der Waals surface area contributed by atoms with Crippen molar-refractivity contribution in [3.63, 3.8) is 0 Å². The van der Waals surface area contributed by atoms with Gasteiger partial charge in [-0.15, -0.1) is 0 Å². The summed E-state index contributed by atoms with van der Waals surface area (Å²) >= 11 is 0. The first-order valence-electron chi connectivity index (χ1n) is 6.49. The molecule has 0 spiro atoms. The topological polar surface area (TPSA) is 38.0 Å². The molecular formula is C16H19FN2. The van der Waals surface area contributed by atoms with Crippen LogP contribution in [0.2, 0.25) is 0 Å². The molecule has 0 heterocycles.